The molecule has 3 heterocycles. The Bertz CT molecular complexity index is 1530. The van der Waals surface area contributed by atoms with Crippen molar-refractivity contribution in [2.75, 3.05) is 27.7 Å². The van der Waals surface area contributed by atoms with E-state index >= 15 is 0 Å². The average Bonchev–Trinajstić information content (AvgIpc) is 3.20. The minimum Gasteiger partial charge on any atom is -0.459 e. The van der Waals surface area contributed by atoms with Gasteiger partial charge in [0.15, 0.2) is 18.7 Å². The van der Waals surface area contributed by atoms with E-state index in [0.29, 0.717) is 13.0 Å². The van der Waals surface area contributed by atoms with Gasteiger partial charge in [-0.2, -0.15) is 0 Å². The lowest BCUT2D eigenvalue weighted by atomic mass is 9.77. The normalized spacial score (nSPS) is 43.4. The summed E-state index contributed by atoms with van der Waals surface area (Å²) < 4.78 is 49.8. The predicted molar refractivity (Wildman–Crippen MR) is 225 cm³/mol. The van der Waals surface area contributed by atoms with Gasteiger partial charge in [0.05, 0.1) is 47.6 Å². The van der Waals surface area contributed by atoms with E-state index in [4.69, 9.17) is 37.9 Å². The first-order valence-corrected chi connectivity index (χ1v) is 21.9. The molecule has 0 amide bonds. The van der Waals surface area contributed by atoms with Gasteiger partial charge in [-0.3, -0.25) is 4.79 Å². The highest BCUT2D eigenvalue weighted by atomic mass is 16.8. The van der Waals surface area contributed by atoms with Gasteiger partial charge in [0.1, 0.15) is 30.5 Å². The van der Waals surface area contributed by atoms with E-state index in [1.165, 1.54) is 14.0 Å². The minimum atomic E-state index is -1.84. The fraction of sp³-hybridized carbons (Fsp3) is 0.822. The highest BCUT2D eigenvalue weighted by Crippen LogP contribution is 2.40. The predicted octanol–water partition coefficient (Wildman–Crippen LogP) is 3.92. The van der Waals surface area contributed by atoms with Crippen molar-refractivity contribution in [2.24, 2.45) is 17.8 Å². The van der Waals surface area contributed by atoms with Gasteiger partial charge in [0, 0.05) is 25.5 Å². The van der Waals surface area contributed by atoms with Crippen LogP contribution >= 0.6 is 0 Å². The van der Waals surface area contributed by atoms with E-state index in [1.54, 1.807) is 48.5 Å². The van der Waals surface area contributed by atoms with Crippen molar-refractivity contribution in [1.29, 1.82) is 0 Å². The molecule has 1 aromatic rings. The number of hydrogen-bond acceptors (Lipinski definition) is 16. The van der Waals surface area contributed by atoms with Crippen LogP contribution in [-0.2, 0) is 49.3 Å². The maximum atomic E-state index is 14.4. The summed E-state index contributed by atoms with van der Waals surface area (Å²) >= 11 is 0. The SMILES string of the molecule is CC[C@H]1OC(=O)[C@H](C)[C@@H](OC2C[C@@](C)(OC)[C@@H](O)[C@H](C)O2)[C@H](C)[C@@H](OC2O[C@H](C)C[C@H](N(C)C)[C@H]2OC(=O)OCc2ccccc2)C(C)(O)C[C@@H](C)CN[C@H](C)[C@@H](O)[C@]1(C)O. The second kappa shape index (κ2) is 21.5. The van der Waals surface area contributed by atoms with Gasteiger partial charge < -0.3 is 68.5 Å². The number of aliphatic hydroxyl groups excluding tert-OH is 2. The third-order valence-electron chi connectivity index (χ3n) is 13.1. The molecule has 16 nitrogen and oxygen atoms in total. The van der Waals surface area contributed by atoms with Crippen LogP contribution in [0.1, 0.15) is 100 Å². The summed E-state index contributed by atoms with van der Waals surface area (Å²) in [5, 5.41) is 50.2. The summed E-state index contributed by atoms with van der Waals surface area (Å²) in [4.78, 5) is 29.7. The highest BCUT2D eigenvalue weighted by Gasteiger charge is 2.53. The molecule has 18 atom stereocenters. The molecule has 350 valence electrons. The first-order chi connectivity index (χ1) is 28.4. The van der Waals surface area contributed by atoms with Crippen molar-refractivity contribution in [2.45, 2.75) is 192 Å². The van der Waals surface area contributed by atoms with Crippen LogP contribution in [0.3, 0.4) is 0 Å². The van der Waals surface area contributed by atoms with Crippen LogP contribution in [0, 0.1) is 17.8 Å². The van der Waals surface area contributed by atoms with Crippen LogP contribution in [-0.4, -0.2) is 155 Å². The highest BCUT2D eigenvalue weighted by molar-refractivity contribution is 5.73. The molecule has 0 spiro atoms. The van der Waals surface area contributed by atoms with E-state index in [-0.39, 0.29) is 43.9 Å². The minimum absolute atomic E-state index is 0.0138. The summed E-state index contributed by atoms with van der Waals surface area (Å²) in [6.45, 7) is 17.6. The van der Waals surface area contributed by atoms with Gasteiger partial charge in [-0.15, -0.1) is 0 Å². The zero-order chi connectivity index (χ0) is 45.6. The smallest absolute Gasteiger partial charge is 0.459 e. The third-order valence-corrected chi connectivity index (χ3v) is 13.1. The van der Waals surface area contributed by atoms with Crippen LogP contribution < -0.4 is 5.32 Å². The number of nitrogens with one attached hydrogen (secondary N) is 1. The molecule has 16 heteroatoms. The van der Waals surface area contributed by atoms with Gasteiger partial charge in [-0.1, -0.05) is 51.1 Å². The lowest BCUT2D eigenvalue weighted by Crippen LogP contribution is -2.61. The topological polar surface area (TPSA) is 204 Å². The first kappa shape index (κ1) is 51.2. The summed E-state index contributed by atoms with van der Waals surface area (Å²) in [7, 11) is 5.24. The Hall–Kier alpha value is -2.48. The van der Waals surface area contributed by atoms with Gasteiger partial charge in [-0.05, 0) is 99.9 Å². The number of carbonyl (C=O) groups is 2. The monoisotopic (exact) mass is 869 g/mol. The quantitative estimate of drug-likeness (QED) is 0.212. The molecular formula is C45H76N2O14. The molecule has 0 saturated carbocycles. The molecular weight excluding hydrogens is 792 g/mol. The number of benzene rings is 1. The van der Waals surface area contributed by atoms with Crippen LogP contribution in [0.25, 0.3) is 0 Å². The second-order valence-corrected chi connectivity index (χ2v) is 18.8. The number of rotatable bonds is 10. The van der Waals surface area contributed by atoms with Crippen molar-refractivity contribution in [3.05, 3.63) is 35.9 Å². The molecule has 3 unspecified atom stereocenters. The molecule has 0 bridgehead atoms. The number of ether oxygens (including phenoxy) is 8. The molecule has 3 saturated heterocycles. The standard InChI is InChI=1S/C45H76N2O14/c1-14-33-45(10,53)37(48)29(6)46-23-25(2)21-43(8,52)39(27(4)35(28(5)40(50)58-33)59-34-22-44(9,54-13)38(49)30(7)57-34)61-41-36(32(47(11)12)20-26(3)56-41)60-42(51)55-24-31-18-16-15-17-19-31/h15-19,25-30,32-39,41,46,48-49,52-53H,14,20-24H2,1-13H3/t25-,26-,27+,28-,29-,30+,32+,33-,34?,35+,36-,37-,38+,39-,41?,43?,44-,45-/m1/s1. The van der Waals surface area contributed by atoms with Crippen molar-refractivity contribution in [3.8, 4) is 0 Å². The number of nitrogens with zero attached hydrogens (tertiary/aromatic N) is 1. The van der Waals surface area contributed by atoms with Crippen LogP contribution in [0.4, 0.5) is 4.79 Å². The van der Waals surface area contributed by atoms with Crippen LogP contribution in [0.15, 0.2) is 30.3 Å². The second-order valence-electron chi connectivity index (χ2n) is 18.8. The van der Waals surface area contributed by atoms with Crippen LogP contribution in [0.5, 0.6) is 0 Å². The average molecular weight is 869 g/mol. The molecule has 3 fully saturated rings. The van der Waals surface area contributed by atoms with Crippen molar-refractivity contribution in [1.82, 2.24) is 10.2 Å². The van der Waals surface area contributed by atoms with E-state index in [9.17, 15) is 30.0 Å². The fourth-order valence-corrected chi connectivity index (χ4v) is 9.33. The number of hydrogen-bond donors (Lipinski definition) is 5. The molecule has 4 rings (SSSR count). The zero-order valence-electron chi connectivity index (χ0n) is 38.6. The van der Waals surface area contributed by atoms with Gasteiger partial charge >= 0.3 is 12.1 Å². The summed E-state index contributed by atoms with van der Waals surface area (Å²) in [5.41, 5.74) is -3.78. The molecule has 0 aromatic heterocycles. The zero-order valence-corrected chi connectivity index (χ0v) is 38.6. The largest absolute Gasteiger partial charge is 0.509 e. The summed E-state index contributed by atoms with van der Waals surface area (Å²) in [5.74, 6) is -2.86. The molecule has 3 aliphatic rings. The first-order valence-electron chi connectivity index (χ1n) is 21.9. The van der Waals surface area contributed by atoms with E-state index in [1.807, 2.05) is 63.2 Å². The Kier molecular flexibility index (Phi) is 18.0. The molecule has 5 N–H and O–H groups in total. The van der Waals surface area contributed by atoms with Crippen molar-refractivity contribution >= 4 is 12.1 Å². The Morgan fingerprint density at radius 3 is 2.20 bits per heavy atom. The molecule has 0 radical (unpaired) electrons. The maximum absolute atomic E-state index is 14.4. The number of aliphatic hydroxyl groups is 4. The lowest BCUT2D eigenvalue weighted by molar-refractivity contribution is -0.318. The third kappa shape index (κ3) is 12.6. The Balaban J connectivity index is 1.81. The Labute approximate surface area is 362 Å². The van der Waals surface area contributed by atoms with Gasteiger partial charge in [0.2, 0.25) is 0 Å². The Morgan fingerprint density at radius 2 is 1.59 bits per heavy atom. The fourth-order valence-electron chi connectivity index (χ4n) is 9.33. The number of esters is 1. The van der Waals surface area contributed by atoms with Gasteiger partial charge in [-0.25, -0.2) is 4.79 Å². The van der Waals surface area contributed by atoms with E-state index < -0.39 is 102 Å². The number of methoxy groups -OCH3 is 1. The lowest BCUT2D eigenvalue weighted by Gasteiger charge is -2.49. The Morgan fingerprint density at radius 1 is 0.934 bits per heavy atom. The summed E-state index contributed by atoms with van der Waals surface area (Å²) in [6.07, 6.45) is -9.94. The summed E-state index contributed by atoms with van der Waals surface area (Å²) in [6, 6.07) is 8.22. The number of likely N-dealkylation sites (N-methyl/N-ethyl adjacent to an activating group) is 1. The van der Waals surface area contributed by atoms with Crippen LogP contribution in [0.2, 0.25) is 0 Å². The molecule has 0 aliphatic carbocycles. The number of carbonyl (C=O) groups excluding carboxylic acids is 2. The molecule has 61 heavy (non-hydrogen) atoms. The molecule has 1 aromatic carbocycles. The maximum Gasteiger partial charge on any atom is 0.509 e. The van der Waals surface area contributed by atoms with E-state index in [2.05, 4.69) is 5.32 Å². The molecule has 3 aliphatic heterocycles. The number of cyclic esters (lactones) is 1. The van der Waals surface area contributed by atoms with Crippen molar-refractivity contribution < 1.29 is 67.9 Å². The van der Waals surface area contributed by atoms with Gasteiger partial charge in [0.25, 0.3) is 0 Å². The van der Waals surface area contributed by atoms with Crippen molar-refractivity contribution in [3.63, 3.8) is 0 Å². The van der Waals surface area contributed by atoms with E-state index in [0.717, 1.165) is 5.56 Å².